The zero-order chi connectivity index (χ0) is 78.0. The Bertz CT molecular complexity index is 2620. The maximum Gasteiger partial charge on any atom is 0.472 e. The number of hydrogen-bond donors (Lipinski definition) is 4. The van der Waals surface area contributed by atoms with Crippen molar-refractivity contribution >= 4 is 33.6 Å². The highest BCUT2D eigenvalue weighted by atomic mass is 31.2. The van der Waals surface area contributed by atoms with Gasteiger partial charge in [-0.05, 0) is 148 Å². The fourth-order valence-corrected chi connectivity index (χ4v) is 12.3. The number of ether oxygens (including phenoxy) is 3. The number of hydrogen-bond acceptors (Lipinski definition) is 14. The van der Waals surface area contributed by atoms with Crippen LogP contribution in [0.15, 0.2) is 170 Å². The lowest BCUT2D eigenvalue weighted by Crippen LogP contribution is -2.30. The molecular weight excluding hydrogens is 1390 g/mol. The number of carbonyl (C=O) groups is 3. The van der Waals surface area contributed by atoms with E-state index in [0.29, 0.717) is 19.3 Å². The molecule has 107 heavy (non-hydrogen) atoms. The smallest absolute Gasteiger partial charge is 0.463 e. The van der Waals surface area contributed by atoms with Crippen LogP contribution in [0, 0.1) is 0 Å². The van der Waals surface area contributed by atoms with E-state index in [1.807, 2.05) is 0 Å². The van der Waals surface area contributed by atoms with Gasteiger partial charge in [0.1, 0.15) is 25.4 Å². The second-order valence-electron chi connectivity index (χ2n) is 27.1. The molecule has 0 spiro atoms. The van der Waals surface area contributed by atoms with Gasteiger partial charge in [-0.15, -0.1) is 0 Å². The maximum absolute atomic E-state index is 13.0. The van der Waals surface area contributed by atoms with Crippen LogP contribution in [0.5, 0.6) is 0 Å². The molecule has 0 saturated carbocycles. The molecule has 0 aromatic heterocycles. The number of aliphatic hydroxyl groups is 2. The molecule has 0 fully saturated rings. The van der Waals surface area contributed by atoms with Crippen molar-refractivity contribution in [1.82, 2.24) is 0 Å². The van der Waals surface area contributed by atoms with Crippen LogP contribution in [-0.4, -0.2) is 95.9 Å². The minimum atomic E-state index is -4.95. The van der Waals surface area contributed by atoms with Crippen LogP contribution in [0.25, 0.3) is 0 Å². The van der Waals surface area contributed by atoms with E-state index in [9.17, 15) is 43.5 Å². The van der Waals surface area contributed by atoms with Gasteiger partial charge in [0.05, 0.1) is 26.4 Å². The van der Waals surface area contributed by atoms with Gasteiger partial charge in [0.25, 0.3) is 0 Å². The first-order chi connectivity index (χ1) is 52.2. The summed E-state index contributed by atoms with van der Waals surface area (Å²) in [5.41, 5.74) is 0. The second kappa shape index (κ2) is 80.4. The standard InChI is InChI=1S/C89H148O16P2/c1-4-7-10-13-16-19-22-25-28-31-33-35-37-39-40-41-42-44-46-47-49-52-54-57-60-63-66-69-72-75-87(92)99-78-84(90)79-101-106(95,96)102-80-85(91)81-103-107(97,98)104-83-86(105-89(94)77-74-71-68-65-62-59-56-51-30-27-24-21-18-15-12-9-6-3)82-100-88(93)76-73-70-67-64-61-58-55-53-50-48-45-43-38-36-34-32-29-26-23-20-17-14-11-8-5-2/h7-12,16-21,25-30,33-36,39-40,43,45,56,59,84-86,90-91H,4-6,13-15,22-24,31-32,37-38,41-42,44,46-55,57-58,60-83H2,1-3H3,(H,95,96)(H,97,98)/b10-7-,11-8-,12-9-,19-16-,20-17-,21-18-,28-25-,29-26-,30-27-,35-33-,36-34-,40-39-,45-43-,59-56-. The van der Waals surface area contributed by atoms with Gasteiger partial charge < -0.3 is 34.2 Å². The second-order valence-corrected chi connectivity index (χ2v) is 30.0. The lowest BCUT2D eigenvalue weighted by Gasteiger charge is -2.21. The fraction of sp³-hybridized carbons (Fsp3) is 0.652. The van der Waals surface area contributed by atoms with E-state index >= 15 is 0 Å². The van der Waals surface area contributed by atoms with Gasteiger partial charge >= 0.3 is 33.6 Å². The van der Waals surface area contributed by atoms with Crippen molar-refractivity contribution in [2.24, 2.45) is 0 Å². The average molecular weight is 1540 g/mol. The van der Waals surface area contributed by atoms with Crippen LogP contribution in [0.1, 0.15) is 316 Å². The molecule has 5 atom stereocenters. The Morgan fingerprint density at radius 2 is 0.467 bits per heavy atom. The first kappa shape index (κ1) is 102. The zero-order valence-electron chi connectivity index (χ0n) is 66.7. The summed E-state index contributed by atoms with van der Waals surface area (Å²) in [6.07, 6.45) is 103. The van der Waals surface area contributed by atoms with Crippen LogP contribution in [-0.2, 0) is 55.8 Å². The highest BCUT2D eigenvalue weighted by Crippen LogP contribution is 2.45. The van der Waals surface area contributed by atoms with Crippen molar-refractivity contribution in [3.05, 3.63) is 170 Å². The molecule has 0 aromatic carbocycles. The van der Waals surface area contributed by atoms with Crippen molar-refractivity contribution in [3.63, 3.8) is 0 Å². The summed E-state index contributed by atoms with van der Waals surface area (Å²) in [6.45, 7) is 2.31. The van der Waals surface area contributed by atoms with E-state index in [2.05, 4.69) is 191 Å². The fourth-order valence-electron chi connectivity index (χ4n) is 10.7. The Labute approximate surface area is 650 Å². The van der Waals surface area contributed by atoms with Crippen molar-refractivity contribution < 1.29 is 75.8 Å². The summed E-state index contributed by atoms with van der Waals surface area (Å²) in [5, 5.41) is 20.7. The number of phosphoric acid groups is 2. The Morgan fingerprint density at radius 3 is 0.738 bits per heavy atom. The molecule has 0 aliphatic heterocycles. The number of allylic oxidation sites excluding steroid dienone is 28. The summed E-state index contributed by atoms with van der Waals surface area (Å²) < 4.78 is 61.2. The number of rotatable bonds is 77. The summed E-state index contributed by atoms with van der Waals surface area (Å²) in [6, 6.07) is 0. The van der Waals surface area contributed by atoms with Gasteiger partial charge in [-0.25, -0.2) is 9.13 Å². The molecular formula is C89H148O16P2. The topological polar surface area (TPSA) is 231 Å². The van der Waals surface area contributed by atoms with Gasteiger partial charge in [0.2, 0.25) is 0 Å². The largest absolute Gasteiger partial charge is 0.472 e. The molecule has 0 heterocycles. The highest BCUT2D eigenvalue weighted by Gasteiger charge is 2.29. The molecule has 16 nitrogen and oxygen atoms in total. The van der Waals surface area contributed by atoms with Gasteiger partial charge in [0.15, 0.2) is 6.10 Å². The first-order valence-electron chi connectivity index (χ1n) is 41.4. The lowest BCUT2D eigenvalue weighted by molar-refractivity contribution is -0.161. The Morgan fingerprint density at radius 1 is 0.262 bits per heavy atom. The summed E-state index contributed by atoms with van der Waals surface area (Å²) in [7, 11) is -9.81. The zero-order valence-corrected chi connectivity index (χ0v) is 68.5. The third kappa shape index (κ3) is 81.7. The first-order valence-corrected chi connectivity index (χ1v) is 44.4. The molecule has 0 aromatic rings. The van der Waals surface area contributed by atoms with E-state index < -0.39 is 91.5 Å². The molecule has 0 aliphatic rings. The maximum atomic E-state index is 13.0. The van der Waals surface area contributed by atoms with E-state index in [0.717, 1.165) is 173 Å². The quantitative estimate of drug-likeness (QED) is 0.0146. The molecule has 5 unspecified atom stereocenters. The number of esters is 3. The molecule has 4 N–H and O–H groups in total. The molecule has 610 valence electrons. The third-order valence-electron chi connectivity index (χ3n) is 16.9. The van der Waals surface area contributed by atoms with Crippen molar-refractivity contribution in [3.8, 4) is 0 Å². The summed E-state index contributed by atoms with van der Waals surface area (Å²) in [5.74, 6) is -1.61. The van der Waals surface area contributed by atoms with E-state index in [1.165, 1.54) is 83.5 Å². The molecule has 0 aliphatic carbocycles. The molecule has 18 heteroatoms. The number of carbonyl (C=O) groups excluding carboxylic acids is 3. The van der Waals surface area contributed by atoms with Gasteiger partial charge in [0, 0.05) is 19.3 Å². The van der Waals surface area contributed by atoms with Crippen LogP contribution < -0.4 is 0 Å². The monoisotopic (exact) mass is 1540 g/mol. The van der Waals surface area contributed by atoms with Gasteiger partial charge in [-0.3, -0.25) is 32.5 Å². The number of unbranched alkanes of at least 4 members (excludes halogenated alkanes) is 26. The van der Waals surface area contributed by atoms with Crippen LogP contribution in [0.2, 0.25) is 0 Å². The summed E-state index contributed by atoms with van der Waals surface area (Å²) in [4.78, 5) is 58.8. The normalized spacial score (nSPS) is 14.8. The predicted octanol–water partition coefficient (Wildman–Crippen LogP) is 24.8. The highest BCUT2D eigenvalue weighted by molar-refractivity contribution is 7.47. The molecule has 0 saturated heterocycles. The lowest BCUT2D eigenvalue weighted by atomic mass is 10.0. The van der Waals surface area contributed by atoms with Crippen molar-refractivity contribution in [2.75, 3.05) is 39.6 Å². The Hall–Kier alpha value is -5.09. The number of aliphatic hydroxyl groups excluding tert-OH is 2. The van der Waals surface area contributed by atoms with Crippen LogP contribution >= 0.6 is 15.6 Å². The van der Waals surface area contributed by atoms with Crippen LogP contribution in [0.4, 0.5) is 0 Å². The average Bonchev–Trinajstić information content (AvgIpc) is 0.908. The minimum Gasteiger partial charge on any atom is -0.463 e. The van der Waals surface area contributed by atoms with E-state index in [1.54, 1.807) is 0 Å². The van der Waals surface area contributed by atoms with Gasteiger partial charge in [-0.2, -0.15) is 0 Å². The molecule has 0 amide bonds. The molecule has 0 radical (unpaired) electrons. The third-order valence-corrected chi connectivity index (χ3v) is 18.8. The molecule has 0 bridgehead atoms. The minimum absolute atomic E-state index is 0.0701. The van der Waals surface area contributed by atoms with Crippen molar-refractivity contribution in [1.29, 1.82) is 0 Å². The Kier molecular flexibility index (Phi) is 76.6. The van der Waals surface area contributed by atoms with Crippen molar-refractivity contribution in [2.45, 2.75) is 334 Å². The van der Waals surface area contributed by atoms with E-state index in [-0.39, 0.29) is 19.3 Å². The SMILES string of the molecule is CC/C=C\C/C=C\C/C=C\C/C=C\C/C=C\CCCCCCCCCCCCCCCC(=O)OCC(O)COP(=O)(O)OCC(O)COP(=O)(O)OCC(COC(=O)CCCCCCCCCCC/C=C\C/C=C\C/C=C\C/C=C\C/C=C\CC)OC(=O)CCCCCC/C=C\C/C=C\C/C=C\C/C=C\CC. The van der Waals surface area contributed by atoms with Crippen LogP contribution in [0.3, 0.4) is 0 Å². The molecule has 0 rings (SSSR count). The number of phosphoric ester groups is 2. The summed E-state index contributed by atoms with van der Waals surface area (Å²) >= 11 is 0. The predicted molar refractivity (Wildman–Crippen MR) is 445 cm³/mol. The van der Waals surface area contributed by atoms with E-state index in [4.69, 9.17) is 32.3 Å². The van der Waals surface area contributed by atoms with Gasteiger partial charge in [-0.1, -0.05) is 319 Å². The Balaban J connectivity index is 4.59.